The average Bonchev–Trinajstić information content (AvgIpc) is 3.17. The molecule has 0 bridgehead atoms. The topological polar surface area (TPSA) is 29.3 Å². The fraction of sp³-hybridized carbons (Fsp3) is 0.647. The van der Waals surface area contributed by atoms with Crippen molar-refractivity contribution in [3.63, 3.8) is 0 Å². The molecule has 0 aliphatic heterocycles. The summed E-state index contributed by atoms with van der Waals surface area (Å²) in [6.45, 7) is 7.80. The first-order valence-corrected chi connectivity index (χ1v) is 8.13. The third-order valence-corrected chi connectivity index (χ3v) is 4.26. The molecule has 2 rings (SSSR count). The summed E-state index contributed by atoms with van der Waals surface area (Å²) >= 11 is 6.16. The molecule has 20 heavy (non-hydrogen) atoms. The molecule has 1 aliphatic carbocycles. The Bertz CT molecular complexity index is 427. The van der Waals surface area contributed by atoms with Crippen molar-refractivity contribution < 1.29 is 0 Å². The first-order valence-electron chi connectivity index (χ1n) is 7.76. The second-order valence-electron chi connectivity index (χ2n) is 6.51. The minimum absolute atomic E-state index is 0.112. The van der Waals surface area contributed by atoms with Gasteiger partial charge in [0.2, 0.25) is 0 Å². The lowest BCUT2D eigenvalue weighted by Gasteiger charge is -2.35. The van der Waals surface area contributed by atoms with Gasteiger partial charge in [0, 0.05) is 23.1 Å². The van der Waals surface area contributed by atoms with Crippen LogP contribution in [-0.4, -0.2) is 23.5 Å². The molecule has 1 aliphatic rings. The molecule has 1 aromatic carbocycles. The summed E-state index contributed by atoms with van der Waals surface area (Å²) in [6, 6.07) is 9.29. The molecule has 0 saturated heterocycles. The second kappa shape index (κ2) is 6.93. The van der Waals surface area contributed by atoms with E-state index in [2.05, 4.69) is 37.8 Å². The van der Waals surface area contributed by atoms with Crippen molar-refractivity contribution in [2.45, 2.75) is 58.2 Å². The Kier molecular flexibility index (Phi) is 5.48. The third kappa shape index (κ3) is 4.21. The first kappa shape index (κ1) is 15.8. The van der Waals surface area contributed by atoms with Crippen LogP contribution in [0.2, 0.25) is 5.02 Å². The van der Waals surface area contributed by atoms with Gasteiger partial charge in [0.25, 0.3) is 0 Å². The summed E-state index contributed by atoms with van der Waals surface area (Å²) in [5.74, 6) is 0.726. The molecule has 2 unspecified atom stereocenters. The van der Waals surface area contributed by atoms with Crippen LogP contribution in [0.4, 0.5) is 0 Å². The van der Waals surface area contributed by atoms with E-state index in [1.807, 2.05) is 12.1 Å². The zero-order valence-corrected chi connectivity index (χ0v) is 13.6. The lowest BCUT2D eigenvalue weighted by molar-refractivity contribution is 0.157. The Morgan fingerprint density at radius 1 is 1.30 bits per heavy atom. The van der Waals surface area contributed by atoms with Crippen LogP contribution in [-0.2, 0) is 0 Å². The molecule has 1 aromatic rings. The van der Waals surface area contributed by atoms with Crippen LogP contribution in [0.15, 0.2) is 24.3 Å². The summed E-state index contributed by atoms with van der Waals surface area (Å²) in [7, 11) is 0. The second-order valence-corrected chi connectivity index (χ2v) is 6.95. The Hall–Kier alpha value is -0.570. The quantitative estimate of drug-likeness (QED) is 0.815. The predicted octanol–water partition coefficient (Wildman–Crippen LogP) is 4.24. The highest BCUT2D eigenvalue weighted by atomic mass is 35.5. The number of halogens is 1. The summed E-state index contributed by atoms with van der Waals surface area (Å²) < 4.78 is 0. The molecule has 0 radical (unpaired) electrons. The maximum absolute atomic E-state index is 6.31. The van der Waals surface area contributed by atoms with Crippen LogP contribution in [0.1, 0.15) is 51.6 Å². The minimum Gasteiger partial charge on any atom is -0.326 e. The Morgan fingerprint density at radius 2 is 2.00 bits per heavy atom. The van der Waals surface area contributed by atoms with E-state index in [-0.39, 0.29) is 12.1 Å². The molecule has 0 aromatic heterocycles. The maximum atomic E-state index is 6.31. The molecule has 2 atom stereocenters. The van der Waals surface area contributed by atoms with Crippen LogP contribution in [0.5, 0.6) is 0 Å². The third-order valence-electron chi connectivity index (χ3n) is 4.03. The van der Waals surface area contributed by atoms with Crippen LogP contribution < -0.4 is 5.73 Å². The molecular formula is C17H27ClN2. The van der Waals surface area contributed by atoms with Crippen molar-refractivity contribution in [3.05, 3.63) is 34.9 Å². The highest BCUT2D eigenvalue weighted by Crippen LogP contribution is 2.36. The van der Waals surface area contributed by atoms with Crippen molar-refractivity contribution >= 4 is 11.6 Å². The molecule has 1 fully saturated rings. The zero-order chi connectivity index (χ0) is 14.7. The minimum atomic E-state index is 0.112. The molecular weight excluding hydrogens is 268 g/mol. The summed E-state index contributed by atoms with van der Waals surface area (Å²) in [4.78, 5) is 2.61. The standard InChI is InChI=1S/C17H27ClN2/c1-12(2)9-10-20(16-7-8-16)17(13(3)19)14-5-4-6-15(18)11-14/h4-6,11-13,16-17H,7-10,19H2,1-3H3. The number of hydrogen-bond acceptors (Lipinski definition) is 2. The lowest BCUT2D eigenvalue weighted by Crippen LogP contribution is -2.41. The van der Waals surface area contributed by atoms with Gasteiger partial charge < -0.3 is 5.73 Å². The van der Waals surface area contributed by atoms with E-state index in [1.54, 1.807) is 0 Å². The van der Waals surface area contributed by atoms with E-state index in [0.29, 0.717) is 6.04 Å². The molecule has 0 spiro atoms. The first-order chi connectivity index (χ1) is 9.49. The number of hydrogen-bond donors (Lipinski definition) is 1. The average molecular weight is 295 g/mol. The van der Waals surface area contributed by atoms with Gasteiger partial charge in [-0.2, -0.15) is 0 Å². The monoisotopic (exact) mass is 294 g/mol. The molecule has 2 nitrogen and oxygen atoms in total. The molecule has 3 heteroatoms. The van der Waals surface area contributed by atoms with Crippen molar-refractivity contribution in [1.29, 1.82) is 0 Å². The van der Waals surface area contributed by atoms with Crippen molar-refractivity contribution in [1.82, 2.24) is 4.90 Å². The Labute approximate surface area is 128 Å². The molecule has 112 valence electrons. The highest BCUT2D eigenvalue weighted by molar-refractivity contribution is 6.30. The van der Waals surface area contributed by atoms with E-state index < -0.39 is 0 Å². The van der Waals surface area contributed by atoms with Crippen molar-refractivity contribution in [3.8, 4) is 0 Å². The van der Waals surface area contributed by atoms with Gasteiger partial charge in [0.15, 0.2) is 0 Å². The molecule has 0 heterocycles. The molecule has 1 saturated carbocycles. The maximum Gasteiger partial charge on any atom is 0.0499 e. The summed E-state index contributed by atoms with van der Waals surface area (Å²) in [5.41, 5.74) is 7.56. The number of benzene rings is 1. The Balaban J connectivity index is 2.20. The number of nitrogens with zero attached hydrogens (tertiary/aromatic N) is 1. The molecule has 2 N–H and O–H groups in total. The van der Waals surface area contributed by atoms with Gasteiger partial charge in [-0.3, -0.25) is 4.90 Å². The lowest BCUT2D eigenvalue weighted by atomic mass is 9.98. The van der Waals surface area contributed by atoms with Crippen molar-refractivity contribution in [2.24, 2.45) is 11.7 Å². The van der Waals surface area contributed by atoms with E-state index in [9.17, 15) is 0 Å². The largest absolute Gasteiger partial charge is 0.326 e. The Morgan fingerprint density at radius 3 is 2.50 bits per heavy atom. The smallest absolute Gasteiger partial charge is 0.0499 e. The normalized spacial score (nSPS) is 18.6. The van der Waals surface area contributed by atoms with Crippen molar-refractivity contribution in [2.75, 3.05) is 6.54 Å². The molecule has 0 amide bonds. The van der Waals surface area contributed by atoms with E-state index >= 15 is 0 Å². The van der Waals surface area contributed by atoms with Crippen LogP contribution in [0.3, 0.4) is 0 Å². The van der Waals surface area contributed by atoms with Gasteiger partial charge in [0.05, 0.1) is 0 Å². The highest BCUT2D eigenvalue weighted by Gasteiger charge is 2.35. The zero-order valence-electron chi connectivity index (χ0n) is 12.8. The summed E-state index contributed by atoms with van der Waals surface area (Å²) in [5, 5.41) is 0.799. The van der Waals surface area contributed by atoms with Gasteiger partial charge >= 0.3 is 0 Å². The number of nitrogens with two attached hydrogens (primary N) is 1. The SMILES string of the molecule is CC(C)CCN(C1CC1)C(c1cccc(Cl)c1)C(C)N. The van der Waals surface area contributed by atoms with E-state index in [1.165, 1.54) is 24.8 Å². The van der Waals surface area contributed by atoms with E-state index in [4.69, 9.17) is 17.3 Å². The van der Waals surface area contributed by atoms with Gasteiger partial charge in [-0.1, -0.05) is 37.6 Å². The van der Waals surface area contributed by atoms with Gasteiger partial charge in [-0.05, 0) is 56.3 Å². The fourth-order valence-corrected chi connectivity index (χ4v) is 3.05. The van der Waals surface area contributed by atoms with Gasteiger partial charge in [0.1, 0.15) is 0 Å². The fourth-order valence-electron chi connectivity index (χ4n) is 2.85. The van der Waals surface area contributed by atoms with Gasteiger partial charge in [-0.25, -0.2) is 0 Å². The van der Waals surface area contributed by atoms with Crippen LogP contribution in [0.25, 0.3) is 0 Å². The van der Waals surface area contributed by atoms with Gasteiger partial charge in [-0.15, -0.1) is 0 Å². The summed E-state index contributed by atoms with van der Waals surface area (Å²) in [6.07, 6.45) is 3.84. The van der Waals surface area contributed by atoms with Crippen LogP contribution in [0, 0.1) is 5.92 Å². The van der Waals surface area contributed by atoms with E-state index in [0.717, 1.165) is 17.5 Å². The predicted molar refractivity (Wildman–Crippen MR) is 87.0 cm³/mol. The number of rotatable bonds is 7. The van der Waals surface area contributed by atoms with Crippen LogP contribution >= 0.6 is 11.6 Å².